The highest BCUT2D eigenvalue weighted by Crippen LogP contribution is 2.60. The van der Waals surface area contributed by atoms with E-state index in [2.05, 4.69) is 4.98 Å². The van der Waals surface area contributed by atoms with Crippen LogP contribution < -0.4 is 11.4 Å². The Morgan fingerprint density at radius 2 is 1.83 bits per heavy atom. The minimum atomic E-state index is -1.35. The molecule has 1 aromatic rings. The number of anilines is 1. The highest BCUT2D eigenvalue weighted by atomic mass is 16.6. The van der Waals surface area contributed by atoms with Crippen molar-refractivity contribution in [3.63, 3.8) is 0 Å². The average Bonchev–Trinajstić information content (AvgIpc) is 2.93. The lowest BCUT2D eigenvalue weighted by Crippen LogP contribution is -2.51. The van der Waals surface area contributed by atoms with Gasteiger partial charge in [0.25, 0.3) is 0 Å². The number of esters is 1. The van der Waals surface area contributed by atoms with Crippen LogP contribution in [-0.4, -0.2) is 50.7 Å². The predicted octanol–water partition coefficient (Wildman–Crippen LogP) is 0.204. The number of nitrogens with two attached hydrogens (primary N) is 1. The SMILES string of the molecule is Nc1ccn([C@H]2O[C@@H](COC(=O)C34CC5CC(CC(C5)C3)C4)[C@H](O)[C@H]2O)c(=O)n1. The fraction of sp³-hybridized carbons (Fsp3) is 0.750. The van der Waals surface area contributed by atoms with Gasteiger partial charge in [-0.25, -0.2) is 4.79 Å². The minimum Gasteiger partial charge on any atom is -0.462 e. The molecule has 4 aliphatic carbocycles. The maximum Gasteiger partial charge on any atom is 0.351 e. The summed E-state index contributed by atoms with van der Waals surface area (Å²) in [6, 6.07) is 1.41. The van der Waals surface area contributed by atoms with Gasteiger partial charge in [0, 0.05) is 6.20 Å². The number of carbonyl (C=O) groups excluding carboxylic acids is 1. The van der Waals surface area contributed by atoms with Crippen LogP contribution in [0.3, 0.4) is 0 Å². The number of hydrogen-bond acceptors (Lipinski definition) is 8. The molecule has 2 heterocycles. The van der Waals surface area contributed by atoms with Gasteiger partial charge in [-0.3, -0.25) is 9.36 Å². The molecule has 4 saturated carbocycles. The number of nitrogen functional groups attached to an aromatic ring is 1. The van der Waals surface area contributed by atoms with Crippen molar-refractivity contribution in [1.29, 1.82) is 0 Å². The molecule has 4 N–H and O–H groups in total. The van der Waals surface area contributed by atoms with Crippen LogP contribution in [0.15, 0.2) is 17.1 Å². The number of carbonyl (C=O) groups is 1. The van der Waals surface area contributed by atoms with Gasteiger partial charge in [-0.1, -0.05) is 0 Å². The average molecular weight is 405 g/mol. The quantitative estimate of drug-likeness (QED) is 0.605. The third kappa shape index (κ3) is 3.15. The first-order chi connectivity index (χ1) is 13.8. The van der Waals surface area contributed by atoms with Crippen molar-refractivity contribution in [2.75, 3.05) is 12.3 Å². The molecule has 0 amide bonds. The second-order valence-corrected chi connectivity index (χ2v) is 9.38. The molecule has 6 rings (SSSR count). The molecular weight excluding hydrogens is 378 g/mol. The van der Waals surface area contributed by atoms with E-state index in [1.807, 2.05) is 0 Å². The summed E-state index contributed by atoms with van der Waals surface area (Å²) < 4.78 is 12.3. The van der Waals surface area contributed by atoms with Crippen LogP contribution in [0.2, 0.25) is 0 Å². The zero-order chi connectivity index (χ0) is 20.3. The van der Waals surface area contributed by atoms with E-state index in [1.54, 1.807) is 0 Å². The van der Waals surface area contributed by atoms with Crippen molar-refractivity contribution >= 4 is 11.8 Å². The third-order valence-electron chi connectivity index (χ3n) is 7.31. The number of aromatic nitrogens is 2. The maximum atomic E-state index is 13.0. The first-order valence-corrected chi connectivity index (χ1v) is 10.4. The highest BCUT2D eigenvalue weighted by molar-refractivity contribution is 5.77. The molecule has 1 saturated heterocycles. The molecule has 0 spiro atoms. The van der Waals surface area contributed by atoms with Gasteiger partial charge in [0.15, 0.2) is 6.23 Å². The number of aliphatic hydroxyl groups excluding tert-OH is 2. The second-order valence-electron chi connectivity index (χ2n) is 9.38. The third-order valence-corrected chi connectivity index (χ3v) is 7.31. The van der Waals surface area contributed by atoms with E-state index in [4.69, 9.17) is 15.2 Å². The molecule has 29 heavy (non-hydrogen) atoms. The zero-order valence-corrected chi connectivity index (χ0v) is 16.1. The van der Waals surface area contributed by atoms with Gasteiger partial charge < -0.3 is 25.4 Å². The van der Waals surface area contributed by atoms with Gasteiger partial charge in [0.1, 0.15) is 30.7 Å². The van der Waals surface area contributed by atoms with Gasteiger partial charge >= 0.3 is 11.7 Å². The summed E-state index contributed by atoms with van der Waals surface area (Å²) in [5, 5.41) is 20.7. The van der Waals surface area contributed by atoms with E-state index in [0.717, 1.165) is 23.8 Å². The Bertz CT molecular complexity index is 835. The summed E-state index contributed by atoms with van der Waals surface area (Å²) in [7, 11) is 0. The normalized spacial score (nSPS) is 42.9. The van der Waals surface area contributed by atoms with E-state index in [1.165, 1.54) is 31.5 Å². The molecule has 9 heteroatoms. The van der Waals surface area contributed by atoms with Crippen LogP contribution >= 0.6 is 0 Å². The van der Waals surface area contributed by atoms with Crippen LogP contribution in [0.25, 0.3) is 0 Å². The van der Waals surface area contributed by atoms with E-state index >= 15 is 0 Å². The van der Waals surface area contributed by atoms with E-state index in [9.17, 15) is 19.8 Å². The summed E-state index contributed by atoms with van der Waals surface area (Å²) in [6.07, 6.45) is 3.06. The lowest BCUT2D eigenvalue weighted by molar-refractivity contribution is -0.177. The molecule has 0 aromatic carbocycles. The van der Waals surface area contributed by atoms with Crippen molar-refractivity contribution in [3.8, 4) is 0 Å². The molecule has 9 nitrogen and oxygen atoms in total. The highest BCUT2D eigenvalue weighted by Gasteiger charge is 2.56. The fourth-order valence-electron chi connectivity index (χ4n) is 6.39. The van der Waals surface area contributed by atoms with E-state index in [-0.39, 0.29) is 18.4 Å². The molecule has 0 unspecified atom stereocenters. The van der Waals surface area contributed by atoms with Crippen LogP contribution in [0.1, 0.15) is 44.8 Å². The Morgan fingerprint density at radius 1 is 1.21 bits per heavy atom. The van der Waals surface area contributed by atoms with Crippen molar-refractivity contribution < 1.29 is 24.5 Å². The van der Waals surface area contributed by atoms with Crippen molar-refractivity contribution in [2.24, 2.45) is 23.2 Å². The Kier molecular flexibility index (Phi) is 4.45. The molecule has 5 aliphatic rings. The van der Waals surface area contributed by atoms with E-state index < -0.39 is 35.6 Å². The van der Waals surface area contributed by atoms with Crippen LogP contribution in [0, 0.1) is 23.2 Å². The molecular formula is C20H27N3O6. The second kappa shape index (κ2) is 6.78. The number of ether oxygens (including phenoxy) is 2. The van der Waals surface area contributed by atoms with E-state index in [0.29, 0.717) is 17.8 Å². The summed E-state index contributed by atoms with van der Waals surface area (Å²) in [6.45, 7) is -0.160. The van der Waals surface area contributed by atoms with Gasteiger partial charge in [0.05, 0.1) is 5.41 Å². The Balaban J connectivity index is 1.25. The van der Waals surface area contributed by atoms with Gasteiger partial charge in [-0.05, 0) is 62.3 Å². The molecule has 1 aromatic heterocycles. The maximum absolute atomic E-state index is 13.0. The predicted molar refractivity (Wildman–Crippen MR) is 100 cm³/mol. The Labute approximate surface area is 167 Å². The summed E-state index contributed by atoms with van der Waals surface area (Å²) in [5.74, 6) is 1.71. The van der Waals surface area contributed by atoms with Crippen molar-refractivity contribution in [3.05, 3.63) is 22.7 Å². The van der Waals surface area contributed by atoms with Crippen LogP contribution in [-0.2, 0) is 14.3 Å². The zero-order valence-electron chi connectivity index (χ0n) is 16.1. The molecule has 4 atom stereocenters. The monoisotopic (exact) mass is 405 g/mol. The number of aliphatic hydroxyl groups is 2. The largest absolute Gasteiger partial charge is 0.462 e. The van der Waals surface area contributed by atoms with Crippen LogP contribution in [0.4, 0.5) is 5.82 Å². The molecule has 0 radical (unpaired) electrons. The van der Waals surface area contributed by atoms with Crippen LogP contribution in [0.5, 0.6) is 0 Å². The molecule has 158 valence electrons. The minimum absolute atomic E-state index is 0.0559. The number of hydrogen-bond donors (Lipinski definition) is 3. The molecule has 5 fully saturated rings. The summed E-state index contributed by atoms with van der Waals surface area (Å²) in [5.41, 5.74) is 4.40. The smallest absolute Gasteiger partial charge is 0.351 e. The van der Waals surface area contributed by atoms with Gasteiger partial charge in [-0.15, -0.1) is 0 Å². The fourth-order valence-corrected chi connectivity index (χ4v) is 6.39. The first-order valence-electron chi connectivity index (χ1n) is 10.4. The van der Waals surface area contributed by atoms with Gasteiger partial charge in [-0.2, -0.15) is 4.98 Å². The number of nitrogens with zero attached hydrogens (tertiary/aromatic N) is 2. The lowest BCUT2D eigenvalue weighted by atomic mass is 9.49. The first kappa shape index (κ1) is 19.0. The Hall–Kier alpha value is -1.97. The van der Waals surface area contributed by atoms with Gasteiger partial charge in [0.2, 0.25) is 0 Å². The molecule has 4 bridgehead atoms. The topological polar surface area (TPSA) is 137 Å². The lowest BCUT2D eigenvalue weighted by Gasteiger charge is -2.55. The summed E-state index contributed by atoms with van der Waals surface area (Å²) >= 11 is 0. The Morgan fingerprint density at radius 3 is 2.41 bits per heavy atom. The van der Waals surface area contributed by atoms with Crippen molar-refractivity contribution in [2.45, 2.75) is 63.1 Å². The van der Waals surface area contributed by atoms with Crippen molar-refractivity contribution in [1.82, 2.24) is 9.55 Å². The standard InChI is InChI=1S/C20H27N3O6/c21-14-1-2-23(19(27)22-14)17-16(25)15(24)13(29-17)9-28-18(26)20-6-10-3-11(7-20)5-12(4-10)8-20/h1-2,10-13,15-17,24-25H,3-9H2,(H2,21,22,27)/t10?,11?,12?,13-,15-,16+,17-,20?/m0/s1. The summed E-state index contributed by atoms with van der Waals surface area (Å²) in [4.78, 5) is 28.6. The number of rotatable bonds is 4. The molecule has 1 aliphatic heterocycles.